The van der Waals surface area contributed by atoms with Crippen LogP contribution < -0.4 is 10.6 Å². The second-order valence-corrected chi connectivity index (χ2v) is 8.23. The van der Waals surface area contributed by atoms with E-state index in [1.807, 2.05) is 67.6 Å². The number of para-hydroxylation sites is 1. The molecule has 0 unspecified atom stereocenters. The largest absolute Gasteiger partial charge is 0.481 e. The van der Waals surface area contributed by atoms with Crippen molar-refractivity contribution >= 4 is 29.3 Å². The zero-order valence-corrected chi connectivity index (χ0v) is 19.4. The van der Waals surface area contributed by atoms with Crippen molar-refractivity contribution in [2.75, 3.05) is 17.7 Å². The van der Waals surface area contributed by atoms with Crippen molar-refractivity contribution in [3.05, 3.63) is 95.1 Å². The lowest BCUT2D eigenvalue weighted by Crippen LogP contribution is -2.27. The first-order valence-electron chi connectivity index (χ1n) is 11.1. The number of likely N-dealkylation sites (N-methyl/N-ethyl adjacent to an activating group) is 1. The minimum Gasteiger partial charge on any atom is -0.481 e. The van der Waals surface area contributed by atoms with Gasteiger partial charge in [0.1, 0.15) is 0 Å². The van der Waals surface area contributed by atoms with Gasteiger partial charge in [-0.15, -0.1) is 0 Å². The Morgan fingerprint density at radius 3 is 2.26 bits per heavy atom. The number of carbonyl (C=O) groups excluding carboxylic acids is 2. The summed E-state index contributed by atoms with van der Waals surface area (Å²) >= 11 is 0. The fraction of sp³-hybridized carbons (Fsp3) is 0.222. The molecule has 3 N–H and O–H groups in total. The van der Waals surface area contributed by atoms with Crippen molar-refractivity contribution in [1.82, 2.24) is 4.90 Å². The van der Waals surface area contributed by atoms with Gasteiger partial charge in [0, 0.05) is 31.4 Å². The first kappa shape index (κ1) is 24.5. The Hall–Kier alpha value is -4.13. The number of hydrogen-bond acceptors (Lipinski definition) is 3. The molecule has 3 aromatic rings. The van der Waals surface area contributed by atoms with Crippen LogP contribution in [0.4, 0.5) is 16.2 Å². The lowest BCUT2D eigenvalue weighted by atomic mass is 10.1. The third-order valence-corrected chi connectivity index (χ3v) is 5.42. The van der Waals surface area contributed by atoms with Crippen LogP contribution in [0.25, 0.3) is 0 Å². The van der Waals surface area contributed by atoms with Gasteiger partial charge in [0.2, 0.25) is 5.91 Å². The Labute approximate surface area is 199 Å². The zero-order chi connectivity index (χ0) is 24.5. The predicted octanol–water partition coefficient (Wildman–Crippen LogP) is 4.86. The molecule has 0 spiro atoms. The molecule has 0 radical (unpaired) electrons. The molecule has 0 aromatic heterocycles. The molecule has 3 rings (SSSR count). The Morgan fingerprint density at radius 1 is 0.853 bits per heavy atom. The monoisotopic (exact) mass is 459 g/mol. The lowest BCUT2D eigenvalue weighted by Gasteiger charge is -2.18. The van der Waals surface area contributed by atoms with Crippen molar-refractivity contribution in [1.29, 1.82) is 0 Å². The van der Waals surface area contributed by atoms with Crippen LogP contribution in [-0.4, -0.2) is 35.0 Å². The van der Waals surface area contributed by atoms with Crippen LogP contribution in [0.1, 0.15) is 28.7 Å². The standard InChI is InChI=1S/C27H29N3O4/c1-19-6-3-4-9-24(19)29-27(34)28-23-13-10-21(11-14-23)17-25(31)30(2)18-22-8-5-7-20(16-22)12-15-26(32)33/h3-11,13-14,16H,12,15,17-18H2,1-2H3,(H,32,33)(H2,28,29,34). The average molecular weight is 460 g/mol. The highest BCUT2D eigenvalue weighted by Crippen LogP contribution is 2.16. The van der Waals surface area contributed by atoms with Gasteiger partial charge in [-0.05, 0) is 53.8 Å². The van der Waals surface area contributed by atoms with Crippen molar-refractivity contribution < 1.29 is 19.5 Å². The summed E-state index contributed by atoms with van der Waals surface area (Å²) in [4.78, 5) is 37.4. The molecule has 3 amide bonds. The second-order valence-electron chi connectivity index (χ2n) is 8.23. The van der Waals surface area contributed by atoms with E-state index >= 15 is 0 Å². The molecular weight excluding hydrogens is 430 g/mol. The maximum atomic E-state index is 12.7. The summed E-state index contributed by atoms with van der Waals surface area (Å²) in [7, 11) is 1.75. The third kappa shape index (κ3) is 7.48. The zero-order valence-electron chi connectivity index (χ0n) is 19.4. The van der Waals surface area contributed by atoms with Gasteiger partial charge in [-0.2, -0.15) is 0 Å². The normalized spacial score (nSPS) is 10.4. The SMILES string of the molecule is Cc1ccccc1NC(=O)Nc1ccc(CC(=O)N(C)Cc2cccc(CCC(=O)O)c2)cc1. The molecule has 0 aliphatic heterocycles. The van der Waals surface area contributed by atoms with Crippen LogP contribution in [0, 0.1) is 6.92 Å². The molecule has 0 saturated carbocycles. The Balaban J connectivity index is 1.51. The van der Waals surface area contributed by atoms with E-state index in [-0.39, 0.29) is 24.8 Å². The Bertz CT molecular complexity index is 1160. The van der Waals surface area contributed by atoms with Gasteiger partial charge in [-0.25, -0.2) is 4.79 Å². The molecule has 0 aliphatic rings. The van der Waals surface area contributed by atoms with E-state index in [1.165, 1.54) is 0 Å². The van der Waals surface area contributed by atoms with E-state index < -0.39 is 5.97 Å². The van der Waals surface area contributed by atoms with Gasteiger partial charge in [0.05, 0.1) is 6.42 Å². The van der Waals surface area contributed by atoms with Crippen molar-refractivity contribution in [3.63, 3.8) is 0 Å². The molecule has 34 heavy (non-hydrogen) atoms. The van der Waals surface area contributed by atoms with E-state index in [0.29, 0.717) is 18.7 Å². The molecule has 3 aromatic carbocycles. The van der Waals surface area contributed by atoms with Crippen molar-refractivity contribution in [2.45, 2.75) is 32.7 Å². The van der Waals surface area contributed by atoms with E-state index in [0.717, 1.165) is 27.9 Å². The number of carboxylic acid groups (broad SMARTS) is 1. The smallest absolute Gasteiger partial charge is 0.323 e. The number of aryl methyl sites for hydroxylation is 2. The molecule has 0 atom stereocenters. The second kappa shape index (κ2) is 11.7. The van der Waals surface area contributed by atoms with Crippen LogP contribution >= 0.6 is 0 Å². The molecule has 0 saturated heterocycles. The maximum Gasteiger partial charge on any atom is 0.323 e. The number of rotatable bonds is 9. The first-order valence-corrected chi connectivity index (χ1v) is 11.1. The summed E-state index contributed by atoms with van der Waals surface area (Å²) < 4.78 is 0. The molecule has 0 heterocycles. The average Bonchev–Trinajstić information content (AvgIpc) is 2.80. The first-order chi connectivity index (χ1) is 16.3. The summed E-state index contributed by atoms with van der Waals surface area (Å²) in [6, 6.07) is 22.0. The van der Waals surface area contributed by atoms with Crippen LogP contribution in [0.3, 0.4) is 0 Å². The van der Waals surface area contributed by atoms with Crippen LogP contribution in [-0.2, 0) is 29.0 Å². The van der Waals surface area contributed by atoms with Gasteiger partial charge in [-0.1, -0.05) is 54.6 Å². The van der Waals surface area contributed by atoms with Gasteiger partial charge >= 0.3 is 12.0 Å². The molecule has 0 fully saturated rings. The quantitative estimate of drug-likeness (QED) is 0.426. The maximum absolute atomic E-state index is 12.7. The summed E-state index contributed by atoms with van der Waals surface area (Å²) in [6.45, 7) is 2.37. The van der Waals surface area contributed by atoms with Gasteiger partial charge in [0.15, 0.2) is 0 Å². The van der Waals surface area contributed by atoms with Crippen LogP contribution in [0.15, 0.2) is 72.8 Å². The number of nitrogens with one attached hydrogen (secondary N) is 2. The number of urea groups is 1. The molecular formula is C27H29N3O4. The summed E-state index contributed by atoms with van der Waals surface area (Å²) in [5.41, 5.74) is 5.10. The Morgan fingerprint density at radius 2 is 1.56 bits per heavy atom. The number of carboxylic acids is 1. The number of amides is 3. The molecule has 0 aliphatic carbocycles. The molecule has 7 nitrogen and oxygen atoms in total. The van der Waals surface area contributed by atoms with Crippen molar-refractivity contribution in [3.8, 4) is 0 Å². The highest BCUT2D eigenvalue weighted by atomic mass is 16.4. The molecule has 176 valence electrons. The number of carbonyl (C=O) groups is 3. The third-order valence-electron chi connectivity index (χ3n) is 5.42. The lowest BCUT2D eigenvalue weighted by molar-refractivity contribution is -0.137. The highest BCUT2D eigenvalue weighted by Gasteiger charge is 2.12. The number of benzene rings is 3. The van der Waals surface area contributed by atoms with E-state index in [4.69, 9.17) is 5.11 Å². The highest BCUT2D eigenvalue weighted by molar-refractivity contribution is 6.00. The number of anilines is 2. The predicted molar refractivity (Wildman–Crippen MR) is 133 cm³/mol. The van der Waals surface area contributed by atoms with E-state index in [9.17, 15) is 14.4 Å². The minimum absolute atomic E-state index is 0.0334. The van der Waals surface area contributed by atoms with Crippen molar-refractivity contribution in [2.24, 2.45) is 0 Å². The van der Waals surface area contributed by atoms with E-state index in [2.05, 4.69) is 10.6 Å². The summed E-state index contributed by atoms with van der Waals surface area (Å²) in [5.74, 6) is -0.861. The van der Waals surface area contributed by atoms with E-state index in [1.54, 1.807) is 24.1 Å². The summed E-state index contributed by atoms with van der Waals surface area (Å²) in [5, 5.41) is 14.5. The number of aliphatic carboxylic acids is 1. The topological polar surface area (TPSA) is 98.7 Å². The number of nitrogens with zero attached hydrogens (tertiary/aromatic N) is 1. The minimum atomic E-state index is -0.828. The van der Waals surface area contributed by atoms with Crippen LogP contribution in [0.2, 0.25) is 0 Å². The van der Waals surface area contributed by atoms with Gasteiger partial charge in [0.25, 0.3) is 0 Å². The Kier molecular flexibility index (Phi) is 8.40. The van der Waals surface area contributed by atoms with Crippen LogP contribution in [0.5, 0.6) is 0 Å². The fourth-order valence-corrected chi connectivity index (χ4v) is 3.51. The van der Waals surface area contributed by atoms with Gasteiger partial charge < -0.3 is 20.6 Å². The molecule has 7 heteroatoms. The number of hydrogen-bond donors (Lipinski definition) is 3. The van der Waals surface area contributed by atoms with Gasteiger partial charge in [-0.3, -0.25) is 9.59 Å². The fourth-order valence-electron chi connectivity index (χ4n) is 3.51. The molecule has 0 bridgehead atoms. The summed E-state index contributed by atoms with van der Waals surface area (Å²) in [6.07, 6.45) is 0.783.